The molecule has 1 aliphatic heterocycles. The van der Waals surface area contributed by atoms with Gasteiger partial charge in [-0.1, -0.05) is 0 Å². The molecule has 92 valence electrons. The fourth-order valence-electron chi connectivity index (χ4n) is 2.17. The summed E-state index contributed by atoms with van der Waals surface area (Å²) < 4.78 is 26.2. The van der Waals surface area contributed by atoms with Gasteiger partial charge in [-0.2, -0.15) is 0 Å². The van der Waals surface area contributed by atoms with Crippen LogP contribution in [-0.4, -0.2) is 29.9 Å². The van der Waals surface area contributed by atoms with Crippen LogP contribution in [-0.2, 0) is 0 Å². The first kappa shape index (κ1) is 12.0. The molecule has 1 aliphatic rings. The van der Waals surface area contributed by atoms with Crippen LogP contribution in [0.3, 0.4) is 0 Å². The number of rotatable bonds is 2. The number of hydrogen-bond donors (Lipinski definition) is 1. The highest BCUT2D eigenvalue weighted by Crippen LogP contribution is 2.20. The van der Waals surface area contributed by atoms with Crippen LogP contribution in [0.1, 0.15) is 23.2 Å². The molecule has 3 nitrogen and oxygen atoms in total. The van der Waals surface area contributed by atoms with Gasteiger partial charge >= 0.3 is 0 Å². The van der Waals surface area contributed by atoms with Gasteiger partial charge in [0, 0.05) is 25.2 Å². The van der Waals surface area contributed by atoms with E-state index in [2.05, 4.69) is 0 Å². The topological polar surface area (TPSA) is 46.3 Å². The highest BCUT2D eigenvalue weighted by Gasteiger charge is 2.29. The second kappa shape index (κ2) is 4.79. The zero-order chi connectivity index (χ0) is 12.4. The average Bonchev–Trinajstić information content (AvgIpc) is 2.76. The minimum Gasteiger partial charge on any atom is -0.334 e. The maximum absolute atomic E-state index is 13.5. The lowest BCUT2D eigenvalue weighted by Crippen LogP contribution is -2.40. The van der Waals surface area contributed by atoms with Crippen molar-refractivity contribution in [3.63, 3.8) is 0 Å². The van der Waals surface area contributed by atoms with Gasteiger partial charge in [0.2, 0.25) is 0 Å². The van der Waals surface area contributed by atoms with Crippen molar-refractivity contribution in [2.45, 2.75) is 18.9 Å². The number of hydrogen-bond acceptors (Lipinski definition) is 2. The highest BCUT2D eigenvalue weighted by atomic mass is 19.1. The molecule has 1 amide bonds. The number of carbonyl (C=O) groups is 1. The summed E-state index contributed by atoms with van der Waals surface area (Å²) in [6.45, 7) is 0.950. The Balaban J connectivity index is 2.24. The molecule has 2 rings (SSSR count). The number of carbonyl (C=O) groups excluding carboxylic acids is 1. The Morgan fingerprint density at radius 3 is 2.88 bits per heavy atom. The van der Waals surface area contributed by atoms with Crippen LogP contribution in [0.4, 0.5) is 8.78 Å². The monoisotopic (exact) mass is 240 g/mol. The normalized spacial score (nSPS) is 19.7. The number of halogens is 2. The molecular weight excluding hydrogens is 226 g/mol. The molecular formula is C12H14F2N2O. The van der Waals surface area contributed by atoms with Crippen LogP contribution in [0.15, 0.2) is 18.2 Å². The molecule has 1 aromatic carbocycles. The van der Waals surface area contributed by atoms with Crippen molar-refractivity contribution in [1.82, 2.24) is 4.90 Å². The van der Waals surface area contributed by atoms with E-state index < -0.39 is 17.5 Å². The number of amides is 1. The van der Waals surface area contributed by atoms with Crippen molar-refractivity contribution in [3.05, 3.63) is 35.4 Å². The number of benzene rings is 1. The van der Waals surface area contributed by atoms with Crippen LogP contribution in [0.25, 0.3) is 0 Å². The van der Waals surface area contributed by atoms with Gasteiger partial charge in [0.1, 0.15) is 11.6 Å². The van der Waals surface area contributed by atoms with Gasteiger partial charge in [-0.15, -0.1) is 0 Å². The predicted octanol–water partition coefficient (Wildman–Crippen LogP) is 1.53. The van der Waals surface area contributed by atoms with Crippen LogP contribution in [0.5, 0.6) is 0 Å². The van der Waals surface area contributed by atoms with Crippen molar-refractivity contribution in [3.8, 4) is 0 Å². The van der Waals surface area contributed by atoms with Crippen LogP contribution < -0.4 is 5.73 Å². The van der Waals surface area contributed by atoms with Gasteiger partial charge in [0.15, 0.2) is 0 Å². The molecule has 0 spiro atoms. The molecule has 1 heterocycles. The fourth-order valence-corrected chi connectivity index (χ4v) is 2.17. The van der Waals surface area contributed by atoms with Crippen molar-refractivity contribution in [1.29, 1.82) is 0 Å². The summed E-state index contributed by atoms with van der Waals surface area (Å²) in [4.78, 5) is 13.6. The van der Waals surface area contributed by atoms with Crippen LogP contribution in [0.2, 0.25) is 0 Å². The van der Waals surface area contributed by atoms with Crippen LogP contribution in [0, 0.1) is 11.6 Å². The Labute approximate surface area is 98.2 Å². The van der Waals surface area contributed by atoms with E-state index in [0.717, 1.165) is 25.0 Å². The Morgan fingerprint density at radius 2 is 2.24 bits per heavy atom. The smallest absolute Gasteiger partial charge is 0.257 e. The lowest BCUT2D eigenvalue weighted by Gasteiger charge is -2.23. The average molecular weight is 240 g/mol. The minimum atomic E-state index is -0.822. The third kappa shape index (κ3) is 2.29. The van der Waals surface area contributed by atoms with E-state index in [4.69, 9.17) is 5.73 Å². The maximum atomic E-state index is 13.5. The summed E-state index contributed by atoms with van der Waals surface area (Å²) in [5, 5.41) is 0. The molecule has 0 saturated carbocycles. The standard InChI is InChI=1S/C12H14F2N2O/c13-8-3-4-10(11(14)6-8)12(17)16-5-1-2-9(16)7-15/h3-4,6,9H,1-2,5,7,15H2. The van der Waals surface area contributed by atoms with E-state index in [-0.39, 0.29) is 11.6 Å². The molecule has 1 unspecified atom stereocenters. The number of nitrogens with zero attached hydrogens (tertiary/aromatic N) is 1. The molecule has 0 aliphatic carbocycles. The molecule has 0 aromatic heterocycles. The predicted molar refractivity (Wildman–Crippen MR) is 59.5 cm³/mol. The Bertz CT molecular complexity index is 437. The van der Waals surface area contributed by atoms with Crippen molar-refractivity contribution >= 4 is 5.91 Å². The zero-order valence-corrected chi connectivity index (χ0v) is 9.33. The number of likely N-dealkylation sites (tertiary alicyclic amines) is 1. The zero-order valence-electron chi connectivity index (χ0n) is 9.33. The number of nitrogens with two attached hydrogens (primary N) is 1. The van der Waals surface area contributed by atoms with Crippen LogP contribution >= 0.6 is 0 Å². The van der Waals surface area contributed by atoms with E-state index in [9.17, 15) is 13.6 Å². The summed E-state index contributed by atoms with van der Waals surface area (Å²) >= 11 is 0. The molecule has 1 atom stereocenters. The SMILES string of the molecule is NCC1CCCN1C(=O)c1ccc(F)cc1F. The third-order valence-corrected chi connectivity index (χ3v) is 3.07. The summed E-state index contributed by atoms with van der Waals surface area (Å²) in [7, 11) is 0. The Morgan fingerprint density at radius 1 is 1.47 bits per heavy atom. The largest absolute Gasteiger partial charge is 0.334 e. The lowest BCUT2D eigenvalue weighted by atomic mass is 10.1. The molecule has 1 aromatic rings. The van der Waals surface area contributed by atoms with Crippen molar-refractivity contribution in [2.75, 3.05) is 13.1 Å². The molecule has 2 N–H and O–H groups in total. The van der Waals surface area contributed by atoms with Crippen molar-refractivity contribution < 1.29 is 13.6 Å². The molecule has 0 bridgehead atoms. The van der Waals surface area contributed by atoms with E-state index in [1.54, 1.807) is 4.90 Å². The summed E-state index contributed by atoms with van der Waals surface area (Å²) in [5.41, 5.74) is 5.46. The fraction of sp³-hybridized carbons (Fsp3) is 0.417. The van der Waals surface area contributed by atoms with Gasteiger partial charge in [0.25, 0.3) is 5.91 Å². The van der Waals surface area contributed by atoms with Gasteiger partial charge < -0.3 is 10.6 Å². The molecule has 1 fully saturated rings. The quantitative estimate of drug-likeness (QED) is 0.852. The Kier molecular flexibility index (Phi) is 3.38. The molecule has 0 radical (unpaired) electrons. The second-order valence-corrected chi connectivity index (χ2v) is 4.15. The van der Waals surface area contributed by atoms with E-state index in [0.29, 0.717) is 13.1 Å². The third-order valence-electron chi connectivity index (χ3n) is 3.07. The summed E-state index contributed by atoms with van der Waals surface area (Å²) in [6.07, 6.45) is 1.71. The lowest BCUT2D eigenvalue weighted by molar-refractivity contribution is 0.0736. The van der Waals surface area contributed by atoms with Crippen molar-refractivity contribution in [2.24, 2.45) is 5.73 Å². The first-order valence-electron chi connectivity index (χ1n) is 5.59. The van der Waals surface area contributed by atoms with Gasteiger partial charge in [-0.3, -0.25) is 4.79 Å². The van der Waals surface area contributed by atoms with Gasteiger partial charge in [-0.25, -0.2) is 8.78 Å². The summed E-state index contributed by atoms with van der Waals surface area (Å²) in [5.74, 6) is -1.91. The molecule has 5 heteroatoms. The van der Waals surface area contributed by atoms with E-state index >= 15 is 0 Å². The highest BCUT2D eigenvalue weighted by molar-refractivity contribution is 5.94. The van der Waals surface area contributed by atoms with E-state index in [1.807, 2.05) is 0 Å². The first-order valence-corrected chi connectivity index (χ1v) is 5.59. The van der Waals surface area contributed by atoms with Gasteiger partial charge in [-0.05, 0) is 25.0 Å². The minimum absolute atomic E-state index is 0.0352. The first-order chi connectivity index (χ1) is 8.13. The Hall–Kier alpha value is -1.49. The van der Waals surface area contributed by atoms with E-state index in [1.165, 1.54) is 6.07 Å². The maximum Gasteiger partial charge on any atom is 0.257 e. The molecule has 1 saturated heterocycles. The summed E-state index contributed by atoms with van der Waals surface area (Å²) in [6, 6.07) is 2.95. The van der Waals surface area contributed by atoms with Gasteiger partial charge in [0.05, 0.1) is 5.56 Å². The molecule has 17 heavy (non-hydrogen) atoms. The second-order valence-electron chi connectivity index (χ2n) is 4.15.